The van der Waals surface area contributed by atoms with Crippen molar-refractivity contribution in [2.75, 3.05) is 19.8 Å². The van der Waals surface area contributed by atoms with Crippen molar-refractivity contribution in [2.24, 2.45) is 0 Å². The van der Waals surface area contributed by atoms with Crippen molar-refractivity contribution in [1.82, 2.24) is 4.98 Å². The molecule has 0 atom stereocenters. The first-order chi connectivity index (χ1) is 10.2. The number of aryl methyl sites for hydroxylation is 1. The van der Waals surface area contributed by atoms with Crippen LogP contribution in [0.15, 0.2) is 23.6 Å². The Kier molecular flexibility index (Phi) is 6.64. The first-order valence-electron chi connectivity index (χ1n) is 7.00. The van der Waals surface area contributed by atoms with Gasteiger partial charge in [-0.25, -0.2) is 4.98 Å². The minimum Gasteiger partial charge on any atom is -0.379 e. The number of hydrogen-bond acceptors (Lipinski definition) is 4. The van der Waals surface area contributed by atoms with Crippen LogP contribution in [0, 0.1) is 6.92 Å². The van der Waals surface area contributed by atoms with Gasteiger partial charge in [0.1, 0.15) is 5.01 Å². The van der Waals surface area contributed by atoms with Crippen LogP contribution in [0.1, 0.15) is 23.7 Å². The number of benzene rings is 1. The highest BCUT2D eigenvalue weighted by Crippen LogP contribution is 2.26. The van der Waals surface area contributed by atoms with Crippen molar-refractivity contribution in [1.29, 1.82) is 0 Å². The Morgan fingerprint density at radius 3 is 2.71 bits per heavy atom. The van der Waals surface area contributed by atoms with E-state index < -0.39 is 0 Å². The average Bonchev–Trinajstić information content (AvgIpc) is 2.97. The molecule has 0 saturated carbocycles. The third-order valence-electron chi connectivity index (χ3n) is 3.11. The fourth-order valence-electron chi connectivity index (χ4n) is 1.94. The molecule has 1 aromatic heterocycles. The third kappa shape index (κ3) is 4.78. The van der Waals surface area contributed by atoms with Crippen LogP contribution in [-0.2, 0) is 22.0 Å². The molecule has 2 aromatic rings. The molecule has 3 nitrogen and oxygen atoms in total. The minimum absolute atomic E-state index is 0.460. The third-order valence-corrected chi connectivity index (χ3v) is 4.33. The second-order valence-electron chi connectivity index (χ2n) is 4.67. The van der Waals surface area contributed by atoms with Gasteiger partial charge in [0.15, 0.2) is 0 Å². The molecule has 21 heavy (non-hydrogen) atoms. The number of hydrogen-bond donors (Lipinski definition) is 0. The van der Waals surface area contributed by atoms with Gasteiger partial charge >= 0.3 is 0 Å². The SMILES string of the molecule is CCOCCOCc1ccc(-c2nc(CCl)cs2)cc1C. The van der Waals surface area contributed by atoms with E-state index in [-0.39, 0.29) is 0 Å². The number of rotatable bonds is 8. The van der Waals surface area contributed by atoms with E-state index in [0.29, 0.717) is 25.7 Å². The maximum atomic E-state index is 5.79. The van der Waals surface area contributed by atoms with Gasteiger partial charge in [-0.1, -0.05) is 12.1 Å². The first-order valence-corrected chi connectivity index (χ1v) is 8.41. The molecule has 0 fully saturated rings. The van der Waals surface area contributed by atoms with E-state index in [1.807, 2.05) is 12.3 Å². The smallest absolute Gasteiger partial charge is 0.123 e. The van der Waals surface area contributed by atoms with Crippen LogP contribution in [0.5, 0.6) is 0 Å². The predicted octanol–water partition coefficient (Wildman–Crippen LogP) is 4.41. The van der Waals surface area contributed by atoms with Crippen molar-refractivity contribution in [3.05, 3.63) is 40.4 Å². The van der Waals surface area contributed by atoms with Crippen LogP contribution >= 0.6 is 22.9 Å². The second-order valence-corrected chi connectivity index (χ2v) is 5.79. The summed E-state index contributed by atoms with van der Waals surface area (Å²) in [5, 5.41) is 3.01. The second kappa shape index (κ2) is 8.49. The lowest BCUT2D eigenvalue weighted by molar-refractivity contribution is 0.0451. The van der Waals surface area contributed by atoms with E-state index in [1.165, 1.54) is 11.1 Å². The molecule has 1 heterocycles. The molecule has 2 rings (SSSR count). The Bertz CT molecular complexity index is 571. The van der Waals surface area contributed by atoms with E-state index >= 15 is 0 Å². The van der Waals surface area contributed by atoms with Crippen LogP contribution in [0.3, 0.4) is 0 Å². The Morgan fingerprint density at radius 2 is 2.05 bits per heavy atom. The van der Waals surface area contributed by atoms with Gasteiger partial charge in [0.2, 0.25) is 0 Å². The Balaban J connectivity index is 1.97. The van der Waals surface area contributed by atoms with Gasteiger partial charge in [0.05, 0.1) is 31.4 Å². The monoisotopic (exact) mass is 325 g/mol. The van der Waals surface area contributed by atoms with E-state index in [2.05, 4.69) is 30.1 Å². The summed E-state index contributed by atoms with van der Waals surface area (Å²) in [6.07, 6.45) is 0. The molecule has 0 radical (unpaired) electrons. The number of halogens is 1. The summed E-state index contributed by atoms with van der Waals surface area (Å²) in [7, 11) is 0. The first kappa shape index (κ1) is 16.4. The molecule has 0 unspecified atom stereocenters. The van der Waals surface area contributed by atoms with E-state index in [0.717, 1.165) is 22.9 Å². The molecular formula is C16H20ClNO2S. The highest BCUT2D eigenvalue weighted by atomic mass is 35.5. The van der Waals surface area contributed by atoms with Gasteiger partial charge in [-0.3, -0.25) is 0 Å². The maximum absolute atomic E-state index is 5.79. The van der Waals surface area contributed by atoms with Gasteiger partial charge in [-0.2, -0.15) is 0 Å². The van der Waals surface area contributed by atoms with Crippen LogP contribution < -0.4 is 0 Å². The predicted molar refractivity (Wildman–Crippen MR) is 88.0 cm³/mol. The summed E-state index contributed by atoms with van der Waals surface area (Å²) in [6, 6.07) is 6.34. The van der Waals surface area contributed by atoms with Gasteiger partial charge < -0.3 is 9.47 Å². The number of thiazole rings is 1. The van der Waals surface area contributed by atoms with Crippen molar-refractivity contribution in [2.45, 2.75) is 26.3 Å². The quantitative estimate of drug-likeness (QED) is 0.532. The lowest BCUT2D eigenvalue weighted by Gasteiger charge is -2.08. The average molecular weight is 326 g/mol. The van der Waals surface area contributed by atoms with Crippen molar-refractivity contribution >= 4 is 22.9 Å². The lowest BCUT2D eigenvalue weighted by Crippen LogP contribution is -2.04. The summed E-state index contributed by atoms with van der Waals surface area (Å²) >= 11 is 7.42. The van der Waals surface area contributed by atoms with Crippen LogP contribution in [0.25, 0.3) is 10.6 Å². The molecule has 0 saturated heterocycles. The maximum Gasteiger partial charge on any atom is 0.123 e. The molecule has 0 aliphatic heterocycles. The summed E-state index contributed by atoms with van der Waals surface area (Å²) in [5.41, 5.74) is 4.47. The van der Waals surface area contributed by atoms with Crippen LogP contribution in [-0.4, -0.2) is 24.8 Å². The van der Waals surface area contributed by atoms with Crippen molar-refractivity contribution in [3.63, 3.8) is 0 Å². The summed E-state index contributed by atoms with van der Waals surface area (Å²) in [5.74, 6) is 0.460. The lowest BCUT2D eigenvalue weighted by atomic mass is 10.1. The van der Waals surface area contributed by atoms with Crippen LogP contribution in [0.2, 0.25) is 0 Å². The Morgan fingerprint density at radius 1 is 1.24 bits per heavy atom. The van der Waals surface area contributed by atoms with Gasteiger partial charge in [-0.15, -0.1) is 22.9 Å². The topological polar surface area (TPSA) is 31.4 Å². The molecular weight excluding hydrogens is 306 g/mol. The molecule has 0 amide bonds. The van der Waals surface area contributed by atoms with E-state index in [1.54, 1.807) is 11.3 Å². The zero-order valence-corrected chi connectivity index (χ0v) is 14.0. The highest BCUT2D eigenvalue weighted by Gasteiger charge is 2.06. The number of ether oxygens (including phenoxy) is 2. The largest absolute Gasteiger partial charge is 0.379 e. The summed E-state index contributed by atoms with van der Waals surface area (Å²) in [4.78, 5) is 4.50. The summed E-state index contributed by atoms with van der Waals surface area (Å²) in [6.45, 7) is 6.70. The molecule has 0 aliphatic carbocycles. The molecule has 114 valence electrons. The van der Waals surface area contributed by atoms with Gasteiger partial charge in [0.25, 0.3) is 0 Å². The van der Waals surface area contributed by atoms with Gasteiger partial charge in [-0.05, 0) is 31.0 Å². The molecule has 5 heteroatoms. The molecule has 0 aliphatic rings. The standard InChI is InChI=1S/C16H20ClNO2S/c1-3-19-6-7-20-10-14-5-4-13(8-12(14)2)16-18-15(9-17)11-21-16/h4-5,8,11H,3,6-7,9-10H2,1-2H3. The molecule has 0 N–H and O–H groups in total. The Hall–Kier alpha value is -0.940. The summed E-state index contributed by atoms with van der Waals surface area (Å²) < 4.78 is 10.9. The number of nitrogens with zero attached hydrogens (tertiary/aromatic N) is 1. The van der Waals surface area contributed by atoms with Crippen LogP contribution in [0.4, 0.5) is 0 Å². The minimum atomic E-state index is 0.460. The molecule has 0 bridgehead atoms. The molecule has 0 spiro atoms. The van der Waals surface area contributed by atoms with Crippen molar-refractivity contribution in [3.8, 4) is 10.6 Å². The zero-order chi connectivity index (χ0) is 15.1. The van der Waals surface area contributed by atoms with Gasteiger partial charge in [0, 0.05) is 17.6 Å². The number of alkyl halides is 1. The zero-order valence-electron chi connectivity index (χ0n) is 12.4. The van der Waals surface area contributed by atoms with Crippen molar-refractivity contribution < 1.29 is 9.47 Å². The van der Waals surface area contributed by atoms with E-state index in [9.17, 15) is 0 Å². The van der Waals surface area contributed by atoms with E-state index in [4.69, 9.17) is 21.1 Å². The molecule has 1 aromatic carbocycles. The highest BCUT2D eigenvalue weighted by molar-refractivity contribution is 7.13. The fourth-order valence-corrected chi connectivity index (χ4v) is 2.98. The normalized spacial score (nSPS) is 11.0. The Labute approximate surface area is 134 Å². The number of aromatic nitrogens is 1. The fraction of sp³-hybridized carbons (Fsp3) is 0.438.